The summed E-state index contributed by atoms with van der Waals surface area (Å²) in [5, 5.41) is 0. The molecule has 0 radical (unpaired) electrons. The summed E-state index contributed by atoms with van der Waals surface area (Å²) >= 11 is 0. The monoisotopic (exact) mass is 241 g/mol. The standard InChI is InChI=1S/C15H12FNO/c1-10-11-6-2-4-8-13(11)17(15(10)18)14-9-5-3-7-12(14)16/h2-10H,1H3. The van der Waals surface area contributed by atoms with Crippen LogP contribution in [0, 0.1) is 5.82 Å². The Bertz CT molecular complexity index is 623. The molecule has 1 aliphatic rings. The first kappa shape index (κ1) is 11.0. The van der Waals surface area contributed by atoms with Crippen molar-refractivity contribution in [2.75, 3.05) is 4.90 Å². The van der Waals surface area contributed by atoms with Crippen LogP contribution in [-0.2, 0) is 4.79 Å². The van der Waals surface area contributed by atoms with Crippen LogP contribution in [0.4, 0.5) is 15.8 Å². The maximum atomic E-state index is 13.8. The van der Waals surface area contributed by atoms with Crippen LogP contribution < -0.4 is 4.90 Å². The average molecular weight is 241 g/mol. The highest BCUT2D eigenvalue weighted by atomic mass is 19.1. The number of hydrogen-bond acceptors (Lipinski definition) is 1. The van der Waals surface area contributed by atoms with Crippen LogP contribution in [-0.4, -0.2) is 5.91 Å². The third-order valence-electron chi connectivity index (χ3n) is 3.33. The van der Waals surface area contributed by atoms with Crippen molar-refractivity contribution in [1.29, 1.82) is 0 Å². The fourth-order valence-electron chi connectivity index (χ4n) is 2.38. The Kier molecular flexibility index (Phi) is 2.40. The van der Waals surface area contributed by atoms with E-state index in [-0.39, 0.29) is 17.6 Å². The average Bonchev–Trinajstić information content (AvgIpc) is 2.64. The number of halogens is 1. The summed E-state index contributed by atoms with van der Waals surface area (Å²) in [7, 11) is 0. The second kappa shape index (κ2) is 3.95. The summed E-state index contributed by atoms with van der Waals surface area (Å²) in [5.41, 5.74) is 2.05. The van der Waals surface area contributed by atoms with Gasteiger partial charge in [-0.25, -0.2) is 4.39 Å². The smallest absolute Gasteiger partial charge is 0.238 e. The van der Waals surface area contributed by atoms with Gasteiger partial charge < -0.3 is 0 Å². The molecule has 1 unspecified atom stereocenters. The van der Waals surface area contributed by atoms with Gasteiger partial charge in [0, 0.05) is 0 Å². The molecule has 0 fully saturated rings. The first-order chi connectivity index (χ1) is 8.70. The van der Waals surface area contributed by atoms with Crippen LogP contribution in [0.25, 0.3) is 0 Å². The van der Waals surface area contributed by atoms with Gasteiger partial charge in [-0.2, -0.15) is 0 Å². The minimum absolute atomic E-state index is 0.0821. The van der Waals surface area contributed by atoms with Gasteiger partial charge in [-0.3, -0.25) is 9.69 Å². The summed E-state index contributed by atoms with van der Waals surface area (Å²) in [5.74, 6) is -0.683. The van der Waals surface area contributed by atoms with Gasteiger partial charge in [0.25, 0.3) is 0 Å². The first-order valence-electron chi connectivity index (χ1n) is 5.87. The molecule has 1 amide bonds. The van der Waals surface area contributed by atoms with Gasteiger partial charge in [0.05, 0.1) is 17.3 Å². The lowest BCUT2D eigenvalue weighted by Crippen LogP contribution is -2.23. The van der Waals surface area contributed by atoms with E-state index in [4.69, 9.17) is 0 Å². The molecule has 3 heteroatoms. The van der Waals surface area contributed by atoms with Crippen LogP contribution in [0.1, 0.15) is 18.4 Å². The lowest BCUT2D eigenvalue weighted by molar-refractivity contribution is -0.118. The first-order valence-corrected chi connectivity index (χ1v) is 5.87. The molecule has 1 aliphatic heterocycles. The summed E-state index contributed by atoms with van der Waals surface area (Å²) in [6.45, 7) is 1.85. The normalized spacial score (nSPS) is 18.0. The largest absolute Gasteiger partial charge is 0.277 e. The number of carbonyl (C=O) groups is 1. The van der Waals surface area contributed by atoms with Crippen LogP contribution in [0.5, 0.6) is 0 Å². The quantitative estimate of drug-likeness (QED) is 0.746. The van der Waals surface area contributed by atoms with Gasteiger partial charge >= 0.3 is 0 Å². The molecular weight excluding hydrogens is 229 g/mol. The molecule has 2 aromatic rings. The van der Waals surface area contributed by atoms with E-state index >= 15 is 0 Å². The van der Waals surface area contributed by atoms with E-state index in [9.17, 15) is 9.18 Å². The lowest BCUT2D eigenvalue weighted by atomic mass is 10.0. The van der Waals surface area contributed by atoms with Gasteiger partial charge in [-0.15, -0.1) is 0 Å². The Morgan fingerprint density at radius 2 is 1.61 bits per heavy atom. The molecule has 2 aromatic carbocycles. The summed E-state index contributed by atoms with van der Waals surface area (Å²) in [4.78, 5) is 13.7. The summed E-state index contributed by atoms with van der Waals surface area (Å²) < 4.78 is 13.8. The molecular formula is C15H12FNO. The molecule has 0 N–H and O–H groups in total. The predicted molar refractivity (Wildman–Crippen MR) is 68.4 cm³/mol. The van der Waals surface area contributed by atoms with E-state index in [1.807, 2.05) is 31.2 Å². The van der Waals surface area contributed by atoms with Gasteiger partial charge in [0.1, 0.15) is 5.82 Å². The maximum Gasteiger partial charge on any atom is 0.238 e. The number of para-hydroxylation sites is 2. The Balaban J connectivity index is 2.20. The number of benzene rings is 2. The van der Waals surface area contributed by atoms with Crippen LogP contribution in [0.3, 0.4) is 0 Å². The zero-order valence-corrected chi connectivity index (χ0v) is 9.93. The molecule has 0 bridgehead atoms. The van der Waals surface area contributed by atoms with Crippen molar-refractivity contribution in [1.82, 2.24) is 0 Å². The highest BCUT2D eigenvalue weighted by molar-refractivity contribution is 6.10. The molecule has 0 aromatic heterocycles. The van der Waals surface area contributed by atoms with Crippen LogP contribution >= 0.6 is 0 Å². The predicted octanol–water partition coefficient (Wildman–Crippen LogP) is 3.61. The zero-order chi connectivity index (χ0) is 12.7. The molecule has 0 aliphatic carbocycles. The van der Waals surface area contributed by atoms with Crippen molar-refractivity contribution in [2.24, 2.45) is 0 Å². The fourth-order valence-corrected chi connectivity index (χ4v) is 2.38. The van der Waals surface area contributed by atoms with Crippen molar-refractivity contribution < 1.29 is 9.18 Å². The number of carbonyl (C=O) groups excluding carboxylic acids is 1. The number of amides is 1. The van der Waals surface area contributed by atoms with Crippen molar-refractivity contribution in [3.05, 3.63) is 59.9 Å². The van der Waals surface area contributed by atoms with E-state index in [1.165, 1.54) is 11.0 Å². The SMILES string of the molecule is CC1C(=O)N(c2ccccc2F)c2ccccc21. The van der Waals surface area contributed by atoms with Crippen molar-refractivity contribution in [3.8, 4) is 0 Å². The molecule has 2 nitrogen and oxygen atoms in total. The number of rotatable bonds is 1. The number of hydrogen-bond donors (Lipinski definition) is 0. The maximum absolute atomic E-state index is 13.8. The van der Waals surface area contributed by atoms with Gasteiger partial charge in [-0.05, 0) is 30.7 Å². The van der Waals surface area contributed by atoms with E-state index in [2.05, 4.69) is 0 Å². The lowest BCUT2D eigenvalue weighted by Gasteiger charge is -2.18. The number of anilines is 2. The van der Waals surface area contributed by atoms with Crippen molar-refractivity contribution >= 4 is 17.3 Å². The molecule has 0 saturated heterocycles. The van der Waals surface area contributed by atoms with E-state index < -0.39 is 0 Å². The Morgan fingerprint density at radius 3 is 2.33 bits per heavy atom. The summed E-state index contributed by atoms with van der Waals surface area (Å²) in [6.07, 6.45) is 0. The molecule has 90 valence electrons. The second-order valence-corrected chi connectivity index (χ2v) is 4.41. The molecule has 0 saturated carbocycles. The second-order valence-electron chi connectivity index (χ2n) is 4.41. The van der Waals surface area contributed by atoms with Crippen LogP contribution in [0.2, 0.25) is 0 Å². The van der Waals surface area contributed by atoms with Crippen molar-refractivity contribution in [3.63, 3.8) is 0 Å². The Hall–Kier alpha value is -2.16. The zero-order valence-electron chi connectivity index (χ0n) is 9.93. The third-order valence-corrected chi connectivity index (χ3v) is 3.33. The Morgan fingerprint density at radius 1 is 1.00 bits per heavy atom. The van der Waals surface area contributed by atoms with E-state index in [0.717, 1.165) is 11.3 Å². The molecule has 0 spiro atoms. The topological polar surface area (TPSA) is 20.3 Å². The number of fused-ring (bicyclic) bond motifs is 1. The minimum atomic E-state index is -0.380. The fraction of sp³-hybridized carbons (Fsp3) is 0.133. The Labute approximate surface area is 105 Å². The molecule has 3 rings (SSSR count). The highest BCUT2D eigenvalue weighted by Crippen LogP contribution is 2.42. The highest BCUT2D eigenvalue weighted by Gasteiger charge is 2.35. The summed E-state index contributed by atoms with van der Waals surface area (Å²) in [6, 6.07) is 13.9. The van der Waals surface area contributed by atoms with Gasteiger partial charge in [0.2, 0.25) is 5.91 Å². The third kappa shape index (κ3) is 1.44. The van der Waals surface area contributed by atoms with E-state index in [1.54, 1.807) is 18.2 Å². The number of nitrogens with zero attached hydrogens (tertiary/aromatic N) is 1. The molecule has 18 heavy (non-hydrogen) atoms. The van der Waals surface area contributed by atoms with E-state index in [0.29, 0.717) is 5.69 Å². The molecule has 1 atom stereocenters. The van der Waals surface area contributed by atoms with Crippen molar-refractivity contribution in [2.45, 2.75) is 12.8 Å². The van der Waals surface area contributed by atoms with Gasteiger partial charge in [0.15, 0.2) is 0 Å². The van der Waals surface area contributed by atoms with Crippen LogP contribution in [0.15, 0.2) is 48.5 Å². The molecule has 1 heterocycles. The van der Waals surface area contributed by atoms with Gasteiger partial charge in [-0.1, -0.05) is 30.3 Å². The minimum Gasteiger partial charge on any atom is -0.277 e.